The molecule has 0 radical (unpaired) electrons. The first-order valence-electron chi connectivity index (χ1n) is 9.35. The van der Waals surface area contributed by atoms with Gasteiger partial charge in [-0.2, -0.15) is 0 Å². The topological polar surface area (TPSA) is 78.4 Å². The van der Waals surface area contributed by atoms with Crippen LogP contribution in [0.25, 0.3) is 0 Å². The van der Waals surface area contributed by atoms with E-state index >= 15 is 0 Å². The highest BCUT2D eigenvalue weighted by Gasteiger charge is 2.31. The zero-order valence-electron chi connectivity index (χ0n) is 18.1. The van der Waals surface area contributed by atoms with Crippen LogP contribution in [0.1, 0.15) is 61.3 Å². The third-order valence-electron chi connectivity index (χ3n) is 3.86. The number of aliphatic hydroxyl groups excluding tert-OH is 1. The average Bonchev–Trinajstić information content (AvgIpc) is 2.51. The van der Waals surface area contributed by atoms with Gasteiger partial charge in [-0.05, 0) is 34.1 Å². The van der Waals surface area contributed by atoms with Crippen molar-refractivity contribution < 1.29 is 14.7 Å². The standard InChI is InChI=1S/C21H38N2O3S/c1-14(25)10-11-17(23-21(7,8)9)16(3)22-18(13-27-15(2)12-24)19(26)20(4,5)6/h17-18,22-24H,2-3,10-13H2,1,4-9H3/t17?,18-/m0/s1. The Bertz CT molecular complexity index is 545. The Balaban J connectivity index is 5.34. The number of ketones is 2. The Hall–Kier alpha value is -1.11. The van der Waals surface area contributed by atoms with Crippen LogP contribution in [0.4, 0.5) is 0 Å². The molecule has 0 aromatic carbocycles. The molecule has 0 rings (SSSR count). The highest BCUT2D eigenvalue weighted by molar-refractivity contribution is 8.03. The Morgan fingerprint density at radius 3 is 2.04 bits per heavy atom. The normalized spacial score (nSPS) is 14.4. The lowest BCUT2D eigenvalue weighted by atomic mass is 9.86. The molecule has 0 aliphatic heterocycles. The van der Waals surface area contributed by atoms with Crippen molar-refractivity contribution in [3.05, 3.63) is 23.8 Å². The second kappa shape index (κ2) is 11.0. The SMILES string of the molecule is C=C(CO)SC[C@H](NC(=C)C(CCC(C)=O)NC(C)(C)C)C(=O)C(C)(C)C. The summed E-state index contributed by atoms with van der Waals surface area (Å²) in [6, 6.07) is -0.581. The number of rotatable bonds is 12. The molecule has 0 heterocycles. The number of hydrogen-bond acceptors (Lipinski definition) is 6. The number of thioether (sulfide) groups is 1. The fourth-order valence-corrected chi connectivity index (χ4v) is 3.21. The van der Waals surface area contributed by atoms with Crippen LogP contribution in [0.15, 0.2) is 23.8 Å². The van der Waals surface area contributed by atoms with Crippen molar-refractivity contribution in [1.82, 2.24) is 10.6 Å². The van der Waals surface area contributed by atoms with E-state index in [-0.39, 0.29) is 29.8 Å². The van der Waals surface area contributed by atoms with E-state index in [1.54, 1.807) is 6.92 Å². The van der Waals surface area contributed by atoms with Gasteiger partial charge in [-0.3, -0.25) is 4.79 Å². The van der Waals surface area contributed by atoms with Crippen molar-refractivity contribution in [2.45, 2.75) is 78.9 Å². The van der Waals surface area contributed by atoms with Crippen LogP contribution in [0.5, 0.6) is 0 Å². The van der Waals surface area contributed by atoms with E-state index < -0.39 is 11.5 Å². The molecule has 0 spiro atoms. The first-order chi connectivity index (χ1) is 12.2. The largest absolute Gasteiger partial charge is 0.391 e. The molecule has 1 unspecified atom stereocenters. The molecule has 0 amide bonds. The first-order valence-corrected chi connectivity index (χ1v) is 10.3. The molecule has 0 aliphatic carbocycles. The van der Waals surface area contributed by atoms with Gasteiger partial charge in [-0.25, -0.2) is 0 Å². The van der Waals surface area contributed by atoms with E-state index in [2.05, 4.69) is 44.6 Å². The van der Waals surface area contributed by atoms with Crippen molar-refractivity contribution in [2.24, 2.45) is 5.41 Å². The quantitative estimate of drug-likeness (QED) is 0.467. The van der Waals surface area contributed by atoms with E-state index in [0.29, 0.717) is 29.2 Å². The molecule has 2 atom stereocenters. The highest BCUT2D eigenvalue weighted by atomic mass is 32.2. The number of carbonyl (C=O) groups is 2. The molecule has 0 bridgehead atoms. The highest BCUT2D eigenvalue weighted by Crippen LogP contribution is 2.23. The maximum Gasteiger partial charge on any atom is 0.161 e. The van der Waals surface area contributed by atoms with Crippen LogP contribution in [0.2, 0.25) is 0 Å². The molecule has 0 saturated carbocycles. The summed E-state index contributed by atoms with van der Waals surface area (Å²) in [7, 11) is 0. The van der Waals surface area contributed by atoms with Gasteiger partial charge in [-0.15, -0.1) is 11.8 Å². The minimum absolute atomic E-state index is 0.0722. The van der Waals surface area contributed by atoms with E-state index in [9.17, 15) is 14.7 Å². The van der Waals surface area contributed by atoms with Crippen molar-refractivity contribution >= 4 is 23.3 Å². The lowest BCUT2D eigenvalue weighted by molar-refractivity contribution is -0.127. The van der Waals surface area contributed by atoms with Crippen molar-refractivity contribution in [1.29, 1.82) is 0 Å². The summed E-state index contributed by atoms with van der Waals surface area (Å²) in [5.41, 5.74) is 0.0324. The smallest absolute Gasteiger partial charge is 0.161 e. The molecule has 0 aromatic rings. The zero-order valence-corrected chi connectivity index (χ0v) is 18.9. The third kappa shape index (κ3) is 11.4. The van der Waals surface area contributed by atoms with Crippen LogP contribution in [-0.2, 0) is 9.59 Å². The van der Waals surface area contributed by atoms with Gasteiger partial charge in [0.1, 0.15) is 5.78 Å². The summed E-state index contributed by atoms with van der Waals surface area (Å²) in [5.74, 6) is 0.660. The van der Waals surface area contributed by atoms with Crippen molar-refractivity contribution in [3.63, 3.8) is 0 Å². The minimum Gasteiger partial charge on any atom is -0.391 e. The fraction of sp³-hybridized carbons (Fsp3) is 0.714. The Kier molecular flexibility index (Phi) is 10.6. The number of carbonyl (C=O) groups excluding carboxylic acids is 2. The summed E-state index contributed by atoms with van der Waals surface area (Å²) in [6.07, 6.45) is 1.06. The van der Waals surface area contributed by atoms with E-state index in [1.165, 1.54) is 11.8 Å². The van der Waals surface area contributed by atoms with Crippen LogP contribution in [-0.4, -0.2) is 46.7 Å². The van der Waals surface area contributed by atoms with Crippen LogP contribution in [0.3, 0.4) is 0 Å². The Morgan fingerprint density at radius 2 is 1.63 bits per heavy atom. The van der Waals surface area contributed by atoms with E-state index in [4.69, 9.17) is 0 Å². The Labute approximate surface area is 169 Å². The monoisotopic (exact) mass is 398 g/mol. The molecule has 6 heteroatoms. The van der Waals surface area contributed by atoms with Gasteiger partial charge in [0.2, 0.25) is 0 Å². The molecule has 0 aliphatic rings. The minimum atomic E-state index is -0.509. The summed E-state index contributed by atoms with van der Waals surface area (Å²) in [5, 5.41) is 15.9. The van der Waals surface area contributed by atoms with Gasteiger partial charge >= 0.3 is 0 Å². The third-order valence-corrected chi connectivity index (χ3v) is 4.90. The molecule has 0 aromatic heterocycles. The number of Topliss-reactive ketones (excluding diaryl/α,β-unsaturated/α-hetero) is 2. The predicted octanol–water partition coefficient (Wildman–Crippen LogP) is 3.44. The molecule has 0 saturated heterocycles. The molecule has 27 heavy (non-hydrogen) atoms. The molecule has 0 fully saturated rings. The predicted molar refractivity (Wildman–Crippen MR) is 116 cm³/mol. The fourth-order valence-electron chi connectivity index (χ4n) is 2.48. The first kappa shape index (κ1) is 25.9. The average molecular weight is 399 g/mol. The lowest BCUT2D eigenvalue weighted by Gasteiger charge is -2.33. The maximum absolute atomic E-state index is 12.9. The molecular weight excluding hydrogens is 360 g/mol. The summed E-state index contributed by atoms with van der Waals surface area (Å²) < 4.78 is 0. The molecule has 3 N–H and O–H groups in total. The molecule has 156 valence electrons. The van der Waals surface area contributed by atoms with E-state index in [1.807, 2.05) is 20.8 Å². The second-order valence-electron chi connectivity index (χ2n) is 9.03. The van der Waals surface area contributed by atoms with Gasteiger partial charge in [0.15, 0.2) is 5.78 Å². The van der Waals surface area contributed by atoms with Crippen molar-refractivity contribution in [2.75, 3.05) is 12.4 Å². The van der Waals surface area contributed by atoms with Gasteiger partial charge in [-0.1, -0.05) is 33.9 Å². The summed E-state index contributed by atoms with van der Waals surface area (Å²) in [4.78, 5) is 25.0. The van der Waals surface area contributed by atoms with Gasteiger partial charge in [0.25, 0.3) is 0 Å². The van der Waals surface area contributed by atoms with Gasteiger partial charge < -0.3 is 20.5 Å². The van der Waals surface area contributed by atoms with Crippen molar-refractivity contribution in [3.8, 4) is 0 Å². The van der Waals surface area contributed by atoms with E-state index in [0.717, 1.165) is 0 Å². The number of hydrogen-bond donors (Lipinski definition) is 3. The van der Waals surface area contributed by atoms with Crippen LogP contribution >= 0.6 is 11.8 Å². The number of nitrogens with one attached hydrogen (secondary N) is 2. The Morgan fingerprint density at radius 1 is 1.07 bits per heavy atom. The van der Waals surface area contributed by atoms with Gasteiger partial charge in [0, 0.05) is 39.8 Å². The van der Waals surface area contributed by atoms with Gasteiger partial charge in [0.05, 0.1) is 12.6 Å². The zero-order chi connectivity index (χ0) is 21.4. The summed E-state index contributed by atoms with van der Waals surface area (Å²) >= 11 is 1.37. The number of aliphatic hydroxyl groups is 1. The maximum atomic E-state index is 12.9. The molecular formula is C21H38N2O3S. The second-order valence-corrected chi connectivity index (χ2v) is 10.2. The van der Waals surface area contributed by atoms with Crippen LogP contribution < -0.4 is 10.6 Å². The van der Waals surface area contributed by atoms with Crippen LogP contribution in [0, 0.1) is 5.41 Å². The molecule has 5 nitrogen and oxygen atoms in total. The lowest BCUT2D eigenvalue weighted by Crippen LogP contribution is -2.51. The summed E-state index contributed by atoms with van der Waals surface area (Å²) in [6.45, 7) is 21.2.